The Labute approximate surface area is 145 Å². The van der Waals surface area contributed by atoms with Gasteiger partial charge >= 0.3 is 6.03 Å². The lowest BCUT2D eigenvalue weighted by molar-refractivity contribution is -0.130. The van der Waals surface area contributed by atoms with Crippen molar-refractivity contribution in [2.45, 2.75) is 25.3 Å². The van der Waals surface area contributed by atoms with Gasteiger partial charge in [-0.15, -0.1) is 5.01 Å². The molecule has 0 aromatic heterocycles. The van der Waals surface area contributed by atoms with Crippen molar-refractivity contribution >= 4 is 18.2 Å². The Kier molecular flexibility index (Phi) is 4.52. The van der Waals surface area contributed by atoms with E-state index in [0.29, 0.717) is 18.4 Å². The fourth-order valence-electron chi connectivity index (χ4n) is 2.71. The molecule has 0 saturated carbocycles. The maximum absolute atomic E-state index is 12.6. The number of nitrogens with one attached hydrogen (secondary N) is 1. The summed E-state index contributed by atoms with van der Waals surface area (Å²) < 4.78 is 0. The summed E-state index contributed by atoms with van der Waals surface area (Å²) in [5.41, 5.74) is 0.717. The molecule has 3 amide bonds. The van der Waals surface area contributed by atoms with Gasteiger partial charge < -0.3 is 10.4 Å². The molecule has 1 fully saturated rings. The Morgan fingerprint density at radius 1 is 1.16 bits per heavy atom. The zero-order chi connectivity index (χ0) is 17.9. The minimum absolute atomic E-state index is 0.0915. The van der Waals surface area contributed by atoms with Gasteiger partial charge in [0, 0.05) is 0 Å². The first kappa shape index (κ1) is 16.7. The number of hydrogen-bond donors (Lipinski definition) is 2. The van der Waals surface area contributed by atoms with E-state index in [1.807, 2.05) is 30.3 Å². The van der Waals surface area contributed by atoms with Crippen LogP contribution in [0.25, 0.3) is 0 Å². The van der Waals surface area contributed by atoms with Crippen LogP contribution >= 0.6 is 0 Å². The predicted octanol–water partition coefficient (Wildman–Crippen LogP) is 2.67. The normalized spacial score (nSPS) is 20.3. The van der Waals surface area contributed by atoms with Crippen LogP contribution in [0.4, 0.5) is 4.79 Å². The lowest BCUT2D eigenvalue weighted by atomic mass is 9.93. The minimum Gasteiger partial charge on any atom is -0.508 e. The van der Waals surface area contributed by atoms with Crippen LogP contribution < -0.4 is 5.32 Å². The van der Waals surface area contributed by atoms with Crippen molar-refractivity contribution in [3.8, 4) is 5.75 Å². The lowest BCUT2D eigenvalue weighted by Gasteiger charge is -2.20. The van der Waals surface area contributed by atoms with Crippen molar-refractivity contribution in [1.82, 2.24) is 10.3 Å². The van der Waals surface area contributed by atoms with Crippen LogP contribution in [0.2, 0.25) is 0 Å². The largest absolute Gasteiger partial charge is 0.508 e. The van der Waals surface area contributed by atoms with Crippen LogP contribution in [0, 0.1) is 0 Å². The molecule has 3 rings (SSSR count). The summed E-state index contributed by atoms with van der Waals surface area (Å²) in [4.78, 5) is 24.8. The summed E-state index contributed by atoms with van der Waals surface area (Å²) in [6, 6.07) is 15.7. The van der Waals surface area contributed by atoms with Gasteiger partial charge in [0.05, 0.1) is 6.21 Å². The monoisotopic (exact) mass is 337 g/mol. The molecule has 0 spiro atoms. The van der Waals surface area contributed by atoms with Gasteiger partial charge in [-0.1, -0.05) is 42.5 Å². The maximum Gasteiger partial charge on any atom is 0.346 e. The topological polar surface area (TPSA) is 82.0 Å². The van der Waals surface area contributed by atoms with Gasteiger partial charge in [0.25, 0.3) is 5.91 Å². The van der Waals surface area contributed by atoms with Gasteiger partial charge in [0.2, 0.25) is 0 Å². The fraction of sp³-hybridized carbons (Fsp3) is 0.211. The molecule has 1 saturated heterocycles. The molecule has 1 atom stereocenters. The molecule has 2 aromatic carbocycles. The van der Waals surface area contributed by atoms with E-state index in [0.717, 1.165) is 10.6 Å². The molecule has 6 nitrogen and oxygen atoms in total. The molecular formula is C19H19N3O3. The first-order valence-corrected chi connectivity index (χ1v) is 8.02. The molecule has 128 valence electrons. The van der Waals surface area contributed by atoms with Crippen LogP contribution in [0.15, 0.2) is 59.7 Å². The molecule has 1 aliphatic rings. The number of carbonyl (C=O) groups excluding carboxylic acids is 2. The quantitative estimate of drug-likeness (QED) is 0.650. The number of amides is 3. The van der Waals surface area contributed by atoms with Gasteiger partial charge in [-0.2, -0.15) is 5.10 Å². The Balaban J connectivity index is 1.70. The minimum atomic E-state index is -0.983. The number of phenols is 1. The third kappa shape index (κ3) is 3.68. The number of benzene rings is 2. The van der Waals surface area contributed by atoms with Crippen molar-refractivity contribution in [3.05, 3.63) is 65.7 Å². The molecule has 0 radical (unpaired) electrons. The maximum atomic E-state index is 12.6. The number of carbonyl (C=O) groups is 2. The van der Waals surface area contributed by atoms with Crippen LogP contribution in [0.1, 0.15) is 24.5 Å². The number of aryl methyl sites for hydroxylation is 1. The number of hydrazone groups is 1. The van der Waals surface area contributed by atoms with Crippen molar-refractivity contribution in [3.63, 3.8) is 0 Å². The Morgan fingerprint density at radius 3 is 2.64 bits per heavy atom. The van der Waals surface area contributed by atoms with Crippen molar-refractivity contribution in [2.24, 2.45) is 5.10 Å². The molecule has 25 heavy (non-hydrogen) atoms. The van der Waals surface area contributed by atoms with Crippen LogP contribution in [-0.2, 0) is 11.2 Å². The van der Waals surface area contributed by atoms with E-state index < -0.39 is 11.6 Å². The van der Waals surface area contributed by atoms with Gasteiger partial charge in [0.15, 0.2) is 0 Å². The van der Waals surface area contributed by atoms with Gasteiger partial charge in [-0.3, -0.25) is 4.79 Å². The van der Waals surface area contributed by atoms with Crippen molar-refractivity contribution in [2.75, 3.05) is 0 Å². The average Bonchev–Trinajstić information content (AvgIpc) is 2.82. The summed E-state index contributed by atoms with van der Waals surface area (Å²) in [5, 5.41) is 17.0. The molecule has 6 heteroatoms. The fourth-order valence-corrected chi connectivity index (χ4v) is 2.71. The standard InChI is InChI=1S/C19H19N3O3/c1-19(11-10-14-6-3-2-4-7-14)17(24)22(18(25)21-19)20-13-15-8-5-9-16(23)12-15/h2-9,12-13,23H,10-11H2,1H3,(H,21,25)/b20-13-/t19-/m0/s1. The predicted molar refractivity (Wildman–Crippen MR) is 94.2 cm³/mol. The second-order valence-corrected chi connectivity index (χ2v) is 6.20. The van der Waals surface area contributed by atoms with Crippen LogP contribution in [-0.4, -0.2) is 33.8 Å². The average molecular weight is 337 g/mol. The highest BCUT2D eigenvalue weighted by Gasteiger charge is 2.47. The molecule has 1 aliphatic heterocycles. The van der Waals surface area contributed by atoms with Crippen LogP contribution in [0.5, 0.6) is 5.75 Å². The Hall–Kier alpha value is -3.15. The lowest BCUT2D eigenvalue weighted by Crippen LogP contribution is -2.44. The van der Waals surface area contributed by atoms with Crippen molar-refractivity contribution in [1.29, 1.82) is 0 Å². The van der Waals surface area contributed by atoms with E-state index in [9.17, 15) is 14.7 Å². The highest BCUT2D eigenvalue weighted by molar-refractivity contribution is 6.07. The first-order chi connectivity index (χ1) is 12.0. The van der Waals surface area contributed by atoms with E-state index in [1.165, 1.54) is 18.3 Å². The van der Waals surface area contributed by atoms with Gasteiger partial charge in [-0.25, -0.2) is 4.79 Å². The molecule has 0 aliphatic carbocycles. The molecule has 2 aromatic rings. The highest BCUT2D eigenvalue weighted by atomic mass is 16.3. The third-order valence-electron chi connectivity index (χ3n) is 4.19. The zero-order valence-corrected chi connectivity index (χ0v) is 13.8. The summed E-state index contributed by atoms with van der Waals surface area (Å²) in [5.74, 6) is -0.293. The number of imide groups is 1. The van der Waals surface area contributed by atoms with E-state index in [2.05, 4.69) is 10.4 Å². The zero-order valence-electron chi connectivity index (χ0n) is 13.8. The van der Waals surface area contributed by atoms with Crippen molar-refractivity contribution < 1.29 is 14.7 Å². The summed E-state index contributed by atoms with van der Waals surface area (Å²) in [7, 11) is 0. The second-order valence-electron chi connectivity index (χ2n) is 6.20. The molecule has 0 bridgehead atoms. The van der Waals surface area contributed by atoms with E-state index in [4.69, 9.17) is 0 Å². The number of rotatable bonds is 5. The summed E-state index contributed by atoms with van der Waals surface area (Å²) >= 11 is 0. The van der Waals surface area contributed by atoms with Gasteiger partial charge in [0.1, 0.15) is 11.3 Å². The molecule has 1 heterocycles. The summed E-state index contributed by atoms with van der Waals surface area (Å²) in [6.07, 6.45) is 2.54. The van der Waals surface area contributed by atoms with E-state index in [1.54, 1.807) is 19.1 Å². The highest BCUT2D eigenvalue weighted by Crippen LogP contribution is 2.23. The summed E-state index contributed by atoms with van der Waals surface area (Å²) in [6.45, 7) is 1.71. The molecular weight excluding hydrogens is 318 g/mol. The number of aromatic hydroxyl groups is 1. The number of phenolic OH excluding ortho intramolecular Hbond substituents is 1. The Bertz CT molecular complexity index is 820. The van der Waals surface area contributed by atoms with E-state index >= 15 is 0 Å². The number of urea groups is 1. The van der Waals surface area contributed by atoms with Gasteiger partial charge in [-0.05, 0) is 43.0 Å². The smallest absolute Gasteiger partial charge is 0.346 e. The first-order valence-electron chi connectivity index (χ1n) is 8.02. The molecule has 0 unspecified atom stereocenters. The SMILES string of the molecule is C[C@@]1(CCc2ccccc2)NC(=O)N(/N=C\c2cccc(O)c2)C1=O. The molecule has 2 N–H and O–H groups in total. The third-order valence-corrected chi connectivity index (χ3v) is 4.19. The number of nitrogens with zero attached hydrogens (tertiary/aromatic N) is 2. The Morgan fingerprint density at radius 2 is 1.92 bits per heavy atom. The van der Waals surface area contributed by atoms with E-state index in [-0.39, 0.29) is 11.7 Å². The number of hydrogen-bond acceptors (Lipinski definition) is 4. The van der Waals surface area contributed by atoms with Crippen LogP contribution in [0.3, 0.4) is 0 Å². The second kappa shape index (κ2) is 6.76.